The average Bonchev–Trinajstić information content (AvgIpc) is 2.84. The second kappa shape index (κ2) is 5.15. The second-order valence-corrected chi connectivity index (χ2v) is 5.54. The maximum Gasteiger partial charge on any atom is 0.242 e. The summed E-state index contributed by atoms with van der Waals surface area (Å²) in [6, 6.07) is -0.423. The van der Waals surface area contributed by atoms with Gasteiger partial charge in [0.25, 0.3) is 0 Å². The van der Waals surface area contributed by atoms with E-state index in [1.54, 1.807) is 9.25 Å². The minimum absolute atomic E-state index is 0.0662. The molecular weight excluding hydrogens is 256 g/mol. The zero-order chi connectivity index (χ0) is 15.0. The van der Waals surface area contributed by atoms with E-state index in [0.717, 1.165) is 16.9 Å². The molecule has 0 aliphatic rings. The van der Waals surface area contributed by atoms with Gasteiger partial charge in [-0.25, -0.2) is 4.98 Å². The Balaban J connectivity index is 2.36. The van der Waals surface area contributed by atoms with Gasteiger partial charge >= 0.3 is 0 Å². The molecule has 0 bridgehead atoms. The van der Waals surface area contributed by atoms with Crippen LogP contribution < -0.4 is 11.1 Å². The molecule has 2 heterocycles. The van der Waals surface area contributed by atoms with Crippen molar-refractivity contribution in [1.82, 2.24) is 24.6 Å². The molecule has 1 amide bonds. The van der Waals surface area contributed by atoms with E-state index in [1.807, 2.05) is 20.9 Å². The number of rotatable bonds is 4. The molecule has 1 atom stereocenters. The van der Waals surface area contributed by atoms with Gasteiger partial charge in [-0.1, -0.05) is 13.8 Å². The fourth-order valence-corrected chi connectivity index (χ4v) is 2.26. The van der Waals surface area contributed by atoms with Crippen LogP contribution >= 0.6 is 0 Å². The van der Waals surface area contributed by atoms with Crippen LogP contribution in [-0.4, -0.2) is 31.8 Å². The zero-order valence-electron chi connectivity index (χ0n) is 12.6. The van der Waals surface area contributed by atoms with Crippen molar-refractivity contribution in [2.75, 3.05) is 12.3 Å². The fraction of sp³-hybridized carbons (Fsp3) is 0.615. The normalized spacial score (nSPS) is 13.1. The van der Waals surface area contributed by atoms with E-state index >= 15 is 0 Å². The van der Waals surface area contributed by atoms with Crippen LogP contribution in [0.5, 0.6) is 0 Å². The Bertz CT molecular complexity index is 639. The number of aryl methyl sites for hydroxylation is 2. The largest absolute Gasteiger partial charge is 0.369 e. The predicted molar refractivity (Wildman–Crippen MR) is 78.2 cm³/mol. The van der Waals surface area contributed by atoms with Crippen LogP contribution in [0.1, 0.15) is 32.5 Å². The lowest BCUT2D eigenvalue weighted by Gasteiger charge is -2.16. The molecular formula is C13H22N6O. The number of nitrogen functional groups attached to an aromatic ring is 1. The summed E-state index contributed by atoms with van der Waals surface area (Å²) in [5.41, 5.74) is 8.28. The maximum atomic E-state index is 12.2. The molecule has 7 nitrogen and oxygen atoms in total. The van der Waals surface area contributed by atoms with Crippen LogP contribution in [0.3, 0.4) is 0 Å². The van der Waals surface area contributed by atoms with Crippen LogP contribution in [0.2, 0.25) is 0 Å². The van der Waals surface area contributed by atoms with E-state index in [0.29, 0.717) is 18.4 Å². The molecule has 2 aromatic rings. The number of carbonyl (C=O) groups excluding carboxylic acids is 1. The second-order valence-electron chi connectivity index (χ2n) is 5.54. The van der Waals surface area contributed by atoms with Gasteiger partial charge in [-0.15, -0.1) is 0 Å². The lowest BCUT2D eigenvalue weighted by molar-refractivity contribution is -0.123. The summed E-state index contributed by atoms with van der Waals surface area (Å²) in [5.74, 6) is 0.678. The number of hydrogen-bond donors (Lipinski definition) is 2. The molecule has 110 valence electrons. The minimum Gasteiger partial charge on any atom is -0.369 e. The van der Waals surface area contributed by atoms with Gasteiger partial charge in [0, 0.05) is 13.6 Å². The number of amides is 1. The number of imidazole rings is 1. The molecule has 0 aromatic carbocycles. The smallest absolute Gasteiger partial charge is 0.242 e. The lowest BCUT2D eigenvalue weighted by atomic mass is 10.2. The molecule has 0 spiro atoms. The highest BCUT2D eigenvalue weighted by molar-refractivity contribution is 5.85. The molecule has 0 radical (unpaired) electrons. The van der Waals surface area contributed by atoms with Crippen molar-refractivity contribution in [2.45, 2.75) is 33.7 Å². The van der Waals surface area contributed by atoms with E-state index < -0.39 is 6.04 Å². The van der Waals surface area contributed by atoms with E-state index in [-0.39, 0.29) is 5.91 Å². The van der Waals surface area contributed by atoms with Crippen molar-refractivity contribution in [2.24, 2.45) is 13.0 Å². The number of fused-ring (bicyclic) bond motifs is 1. The third kappa shape index (κ3) is 2.35. The highest BCUT2D eigenvalue weighted by Gasteiger charge is 2.23. The van der Waals surface area contributed by atoms with E-state index in [1.165, 1.54) is 0 Å². The number of aromatic nitrogens is 4. The molecule has 0 saturated heterocycles. The molecule has 0 fully saturated rings. The van der Waals surface area contributed by atoms with Gasteiger partial charge in [0.15, 0.2) is 5.65 Å². The van der Waals surface area contributed by atoms with Crippen LogP contribution in [0, 0.1) is 12.8 Å². The summed E-state index contributed by atoms with van der Waals surface area (Å²) in [4.78, 5) is 16.5. The Labute approximate surface area is 118 Å². The summed E-state index contributed by atoms with van der Waals surface area (Å²) in [6.45, 7) is 8.45. The third-order valence-electron chi connectivity index (χ3n) is 3.31. The number of nitrogens with one attached hydrogen (secondary N) is 1. The van der Waals surface area contributed by atoms with Gasteiger partial charge in [0.1, 0.15) is 11.6 Å². The first-order chi connectivity index (χ1) is 9.32. The van der Waals surface area contributed by atoms with Crippen molar-refractivity contribution in [3.05, 3.63) is 5.69 Å². The maximum absolute atomic E-state index is 12.2. The molecule has 1 unspecified atom stereocenters. The topological polar surface area (TPSA) is 90.8 Å². The highest BCUT2D eigenvalue weighted by Crippen LogP contribution is 2.24. The van der Waals surface area contributed by atoms with Crippen LogP contribution in [-0.2, 0) is 11.8 Å². The monoisotopic (exact) mass is 278 g/mol. The van der Waals surface area contributed by atoms with Gasteiger partial charge in [0.2, 0.25) is 11.9 Å². The number of nitrogens with two attached hydrogens (primary N) is 1. The summed E-state index contributed by atoms with van der Waals surface area (Å²) < 4.78 is 3.44. The summed E-state index contributed by atoms with van der Waals surface area (Å²) in [5, 5.41) is 7.23. The fourth-order valence-electron chi connectivity index (χ4n) is 2.26. The molecule has 20 heavy (non-hydrogen) atoms. The van der Waals surface area contributed by atoms with Crippen molar-refractivity contribution in [3.8, 4) is 0 Å². The van der Waals surface area contributed by atoms with Crippen LogP contribution in [0.15, 0.2) is 0 Å². The highest BCUT2D eigenvalue weighted by atomic mass is 16.2. The van der Waals surface area contributed by atoms with Crippen molar-refractivity contribution in [3.63, 3.8) is 0 Å². The average molecular weight is 278 g/mol. The van der Waals surface area contributed by atoms with Gasteiger partial charge in [-0.3, -0.25) is 14.0 Å². The minimum atomic E-state index is -0.423. The molecule has 7 heteroatoms. The standard InChI is InChI=1S/C13H22N6O/c1-7(2)6-15-11(20)9(4)19-12-10(16-13(19)14)8(3)17-18(12)5/h7,9H,6H2,1-5H3,(H2,14,16)(H,15,20). The summed E-state index contributed by atoms with van der Waals surface area (Å²) >= 11 is 0. The van der Waals surface area contributed by atoms with Gasteiger partial charge in [-0.2, -0.15) is 5.10 Å². The Morgan fingerprint density at radius 2 is 2.05 bits per heavy atom. The number of nitrogens with zero attached hydrogens (tertiary/aromatic N) is 4. The van der Waals surface area contributed by atoms with Crippen molar-refractivity contribution < 1.29 is 4.79 Å². The molecule has 2 aromatic heterocycles. The summed E-state index contributed by atoms with van der Waals surface area (Å²) in [7, 11) is 1.83. The SMILES string of the molecule is Cc1nn(C)c2c1nc(N)n2C(C)C(=O)NCC(C)C. The molecule has 0 saturated carbocycles. The van der Waals surface area contributed by atoms with Crippen molar-refractivity contribution >= 4 is 23.0 Å². The first-order valence-corrected chi connectivity index (χ1v) is 6.77. The van der Waals surface area contributed by atoms with E-state index in [2.05, 4.69) is 29.2 Å². The number of hydrogen-bond acceptors (Lipinski definition) is 4. The lowest BCUT2D eigenvalue weighted by Crippen LogP contribution is -2.34. The molecule has 2 rings (SSSR count). The van der Waals surface area contributed by atoms with Gasteiger partial charge in [-0.05, 0) is 19.8 Å². The van der Waals surface area contributed by atoms with Crippen LogP contribution in [0.25, 0.3) is 11.2 Å². The molecule has 3 N–H and O–H groups in total. The van der Waals surface area contributed by atoms with E-state index in [9.17, 15) is 4.79 Å². The van der Waals surface area contributed by atoms with Gasteiger partial charge < -0.3 is 11.1 Å². The van der Waals surface area contributed by atoms with Gasteiger partial charge in [0.05, 0.1) is 5.69 Å². The Hall–Kier alpha value is -2.05. The van der Waals surface area contributed by atoms with Crippen molar-refractivity contribution in [1.29, 1.82) is 0 Å². The predicted octanol–water partition coefficient (Wildman–Crippen LogP) is 0.994. The van der Waals surface area contributed by atoms with Crippen LogP contribution in [0.4, 0.5) is 5.95 Å². The quantitative estimate of drug-likeness (QED) is 0.872. The summed E-state index contributed by atoms with van der Waals surface area (Å²) in [6.07, 6.45) is 0. The first-order valence-electron chi connectivity index (χ1n) is 6.77. The number of carbonyl (C=O) groups is 1. The van der Waals surface area contributed by atoms with E-state index in [4.69, 9.17) is 5.73 Å². The zero-order valence-corrected chi connectivity index (χ0v) is 12.6. The number of anilines is 1. The third-order valence-corrected chi connectivity index (χ3v) is 3.31. The molecule has 0 aliphatic carbocycles. The Morgan fingerprint density at radius 1 is 1.40 bits per heavy atom. The first kappa shape index (κ1) is 14.4. The molecule has 0 aliphatic heterocycles. The Kier molecular flexibility index (Phi) is 3.69. The Morgan fingerprint density at radius 3 is 2.65 bits per heavy atom.